The van der Waals surface area contributed by atoms with E-state index in [4.69, 9.17) is 5.26 Å². The van der Waals surface area contributed by atoms with Crippen molar-refractivity contribution >= 4 is 0 Å². The monoisotopic (exact) mass is 183 g/mol. The standard InChI is InChI=1S/C10H21N3/c1-4-7-12-10(8-11)9-13(5-2)6-3/h10,12H,4-7,9H2,1-3H3. The molecule has 0 heterocycles. The summed E-state index contributed by atoms with van der Waals surface area (Å²) in [7, 11) is 0. The number of hydrogen-bond acceptors (Lipinski definition) is 3. The van der Waals surface area contributed by atoms with E-state index in [2.05, 4.69) is 37.1 Å². The molecule has 0 aromatic carbocycles. The first-order valence-electron chi connectivity index (χ1n) is 5.13. The molecule has 0 bridgehead atoms. The van der Waals surface area contributed by atoms with E-state index in [1.165, 1.54) is 0 Å². The predicted octanol–water partition coefficient (Wildman–Crippen LogP) is 1.22. The smallest absolute Gasteiger partial charge is 0.108 e. The van der Waals surface area contributed by atoms with Gasteiger partial charge in [-0.3, -0.25) is 0 Å². The Hall–Kier alpha value is -0.590. The average molecular weight is 183 g/mol. The van der Waals surface area contributed by atoms with Crippen LogP contribution in [0.4, 0.5) is 0 Å². The Morgan fingerprint density at radius 3 is 2.31 bits per heavy atom. The van der Waals surface area contributed by atoms with Gasteiger partial charge in [0.2, 0.25) is 0 Å². The topological polar surface area (TPSA) is 39.1 Å². The first kappa shape index (κ1) is 12.4. The van der Waals surface area contributed by atoms with Crippen LogP contribution < -0.4 is 5.32 Å². The maximum absolute atomic E-state index is 8.85. The lowest BCUT2D eigenvalue weighted by atomic mass is 10.3. The van der Waals surface area contributed by atoms with Crippen LogP contribution in [0.2, 0.25) is 0 Å². The first-order valence-corrected chi connectivity index (χ1v) is 5.13. The predicted molar refractivity (Wildman–Crippen MR) is 55.5 cm³/mol. The maximum Gasteiger partial charge on any atom is 0.108 e. The Balaban J connectivity index is 3.76. The largest absolute Gasteiger partial charge is 0.301 e. The Bertz CT molecular complexity index is 147. The van der Waals surface area contributed by atoms with Crippen molar-refractivity contribution < 1.29 is 0 Å². The van der Waals surface area contributed by atoms with Gasteiger partial charge in [-0.2, -0.15) is 5.26 Å². The fourth-order valence-corrected chi connectivity index (χ4v) is 1.21. The van der Waals surface area contributed by atoms with E-state index in [-0.39, 0.29) is 6.04 Å². The van der Waals surface area contributed by atoms with Crippen molar-refractivity contribution in [1.29, 1.82) is 5.26 Å². The highest BCUT2D eigenvalue weighted by Crippen LogP contribution is 1.91. The normalized spacial score (nSPS) is 12.8. The van der Waals surface area contributed by atoms with Crippen molar-refractivity contribution in [3.05, 3.63) is 0 Å². The third-order valence-electron chi connectivity index (χ3n) is 2.13. The molecule has 1 atom stereocenters. The SMILES string of the molecule is CCCNC(C#N)CN(CC)CC. The van der Waals surface area contributed by atoms with Crippen LogP contribution in [0.1, 0.15) is 27.2 Å². The van der Waals surface area contributed by atoms with E-state index in [1.54, 1.807) is 0 Å². The fraction of sp³-hybridized carbons (Fsp3) is 0.900. The third kappa shape index (κ3) is 5.62. The van der Waals surface area contributed by atoms with Gasteiger partial charge in [-0.15, -0.1) is 0 Å². The van der Waals surface area contributed by atoms with Crippen molar-refractivity contribution in [3.8, 4) is 6.07 Å². The minimum atomic E-state index is -0.0140. The summed E-state index contributed by atoms with van der Waals surface area (Å²) in [5.41, 5.74) is 0. The van der Waals surface area contributed by atoms with Crippen LogP contribution >= 0.6 is 0 Å². The highest BCUT2D eigenvalue weighted by Gasteiger charge is 2.09. The lowest BCUT2D eigenvalue weighted by molar-refractivity contribution is 0.284. The summed E-state index contributed by atoms with van der Waals surface area (Å²) in [5.74, 6) is 0. The number of likely N-dealkylation sites (N-methyl/N-ethyl adjacent to an activating group) is 1. The molecule has 3 heteroatoms. The Morgan fingerprint density at radius 1 is 1.31 bits per heavy atom. The number of nitriles is 1. The molecule has 0 aliphatic heterocycles. The summed E-state index contributed by atoms with van der Waals surface area (Å²) in [6.07, 6.45) is 1.08. The van der Waals surface area contributed by atoms with E-state index in [9.17, 15) is 0 Å². The van der Waals surface area contributed by atoms with Gasteiger partial charge in [0.25, 0.3) is 0 Å². The molecule has 0 aliphatic rings. The summed E-state index contributed by atoms with van der Waals surface area (Å²) >= 11 is 0. The molecule has 0 radical (unpaired) electrons. The Labute approximate surface area is 81.7 Å². The number of hydrogen-bond donors (Lipinski definition) is 1. The molecule has 0 aromatic heterocycles. The van der Waals surface area contributed by atoms with Crippen molar-refractivity contribution in [3.63, 3.8) is 0 Å². The number of nitrogens with zero attached hydrogens (tertiary/aromatic N) is 2. The molecule has 0 rings (SSSR count). The molecule has 1 N–H and O–H groups in total. The number of nitrogens with one attached hydrogen (secondary N) is 1. The molecule has 0 amide bonds. The molecule has 0 aromatic rings. The molecule has 0 saturated carbocycles. The quantitative estimate of drug-likeness (QED) is 0.645. The van der Waals surface area contributed by atoms with Crippen LogP contribution in [-0.4, -0.2) is 37.1 Å². The summed E-state index contributed by atoms with van der Waals surface area (Å²) in [6, 6.07) is 2.27. The second kappa shape index (κ2) is 8.03. The lowest BCUT2D eigenvalue weighted by Crippen LogP contribution is -2.40. The third-order valence-corrected chi connectivity index (χ3v) is 2.13. The lowest BCUT2D eigenvalue weighted by Gasteiger charge is -2.21. The van der Waals surface area contributed by atoms with Gasteiger partial charge in [0.05, 0.1) is 6.07 Å². The van der Waals surface area contributed by atoms with Gasteiger partial charge in [-0.05, 0) is 26.1 Å². The Morgan fingerprint density at radius 2 is 1.92 bits per heavy atom. The van der Waals surface area contributed by atoms with Crippen molar-refractivity contribution in [2.24, 2.45) is 0 Å². The van der Waals surface area contributed by atoms with E-state index in [1.807, 2.05) is 0 Å². The fourth-order valence-electron chi connectivity index (χ4n) is 1.21. The molecule has 76 valence electrons. The van der Waals surface area contributed by atoms with Crippen molar-refractivity contribution in [2.75, 3.05) is 26.2 Å². The van der Waals surface area contributed by atoms with Gasteiger partial charge < -0.3 is 10.2 Å². The van der Waals surface area contributed by atoms with Gasteiger partial charge >= 0.3 is 0 Å². The molecule has 0 aliphatic carbocycles. The minimum absolute atomic E-state index is 0.0140. The molecular weight excluding hydrogens is 162 g/mol. The molecule has 1 unspecified atom stereocenters. The summed E-state index contributed by atoms with van der Waals surface area (Å²) in [5, 5.41) is 12.1. The van der Waals surface area contributed by atoms with E-state index >= 15 is 0 Å². The zero-order valence-electron chi connectivity index (χ0n) is 9.01. The highest BCUT2D eigenvalue weighted by atomic mass is 15.1. The second-order valence-corrected chi connectivity index (χ2v) is 3.12. The van der Waals surface area contributed by atoms with Crippen LogP contribution in [-0.2, 0) is 0 Å². The van der Waals surface area contributed by atoms with Gasteiger partial charge in [0.15, 0.2) is 0 Å². The zero-order valence-corrected chi connectivity index (χ0v) is 9.01. The van der Waals surface area contributed by atoms with Gasteiger partial charge in [0.1, 0.15) is 6.04 Å². The second-order valence-electron chi connectivity index (χ2n) is 3.12. The minimum Gasteiger partial charge on any atom is -0.301 e. The summed E-state index contributed by atoms with van der Waals surface area (Å²) in [6.45, 7) is 10.2. The van der Waals surface area contributed by atoms with Crippen LogP contribution in [0, 0.1) is 11.3 Å². The first-order chi connectivity index (χ1) is 6.28. The molecular formula is C10H21N3. The van der Waals surface area contributed by atoms with Gasteiger partial charge in [-0.1, -0.05) is 20.8 Å². The van der Waals surface area contributed by atoms with Crippen LogP contribution in [0.25, 0.3) is 0 Å². The molecule has 3 nitrogen and oxygen atoms in total. The summed E-state index contributed by atoms with van der Waals surface area (Å²) < 4.78 is 0. The van der Waals surface area contributed by atoms with Crippen molar-refractivity contribution in [1.82, 2.24) is 10.2 Å². The van der Waals surface area contributed by atoms with Crippen LogP contribution in [0.5, 0.6) is 0 Å². The van der Waals surface area contributed by atoms with Gasteiger partial charge in [0, 0.05) is 6.54 Å². The average Bonchev–Trinajstić information content (AvgIpc) is 2.19. The highest BCUT2D eigenvalue weighted by molar-refractivity contribution is 4.91. The van der Waals surface area contributed by atoms with Gasteiger partial charge in [-0.25, -0.2) is 0 Å². The molecule has 0 spiro atoms. The van der Waals surface area contributed by atoms with E-state index < -0.39 is 0 Å². The van der Waals surface area contributed by atoms with Crippen LogP contribution in [0.3, 0.4) is 0 Å². The Kier molecular flexibility index (Phi) is 7.66. The molecule has 13 heavy (non-hydrogen) atoms. The van der Waals surface area contributed by atoms with E-state index in [0.29, 0.717) is 0 Å². The van der Waals surface area contributed by atoms with E-state index in [0.717, 1.165) is 32.6 Å². The zero-order chi connectivity index (χ0) is 10.1. The van der Waals surface area contributed by atoms with Crippen LogP contribution in [0.15, 0.2) is 0 Å². The van der Waals surface area contributed by atoms with Crippen molar-refractivity contribution in [2.45, 2.75) is 33.2 Å². The molecule has 0 fully saturated rings. The number of rotatable bonds is 7. The summed E-state index contributed by atoms with van der Waals surface area (Å²) in [4.78, 5) is 2.26. The maximum atomic E-state index is 8.85. The molecule has 0 saturated heterocycles.